The standard InChI is InChI=1S/C33H32BrN3O7S2/c1-2-43-22-13-16(3-8-21(22)44-15-23(38)36-9-11-42-12-10-36)24-25-19-14-20(28(25)45-30-29(24)46-33(41)35-30)27-26(19)31(39)37(32(27)40)18-6-4-17(34)5-7-18/h3-8,13,19-20,24-28H,2,9-12,14-15H2,1H3,(H,35,41)/t19-,20-,24-,25?,26?,27?,28?/m1/s1. The molecule has 3 aromatic rings. The van der Waals surface area contributed by atoms with Crippen molar-refractivity contribution in [2.75, 3.05) is 44.4 Å². The second-order valence-electron chi connectivity index (χ2n) is 12.4. The fraction of sp³-hybridized carbons (Fsp3) is 0.455. The molecule has 0 spiro atoms. The second-order valence-corrected chi connectivity index (χ2v) is 15.5. The van der Waals surface area contributed by atoms with Crippen LogP contribution in [0.1, 0.15) is 29.7 Å². The van der Waals surface area contributed by atoms with Gasteiger partial charge in [0.25, 0.3) is 5.91 Å². The molecule has 3 aliphatic heterocycles. The number of carbonyl (C=O) groups excluding carboxylic acids is 3. The predicted octanol–water partition coefficient (Wildman–Crippen LogP) is 4.51. The molecule has 240 valence electrons. The number of ether oxygens (including phenoxy) is 3. The van der Waals surface area contributed by atoms with E-state index in [1.165, 1.54) is 16.2 Å². The molecule has 10 nitrogen and oxygen atoms in total. The smallest absolute Gasteiger partial charge is 0.305 e. The van der Waals surface area contributed by atoms with Crippen LogP contribution in [0, 0.1) is 29.6 Å². The molecule has 3 amide bonds. The number of thiazole rings is 1. The average Bonchev–Trinajstić information content (AvgIpc) is 3.80. The van der Waals surface area contributed by atoms with Crippen LogP contribution in [-0.2, 0) is 19.1 Å². The van der Waals surface area contributed by atoms with Crippen molar-refractivity contribution in [2.24, 2.45) is 29.6 Å². The number of nitrogens with zero attached hydrogens (tertiary/aromatic N) is 2. The molecule has 1 aromatic heterocycles. The number of halogens is 1. The number of H-pyrrole nitrogens is 1. The first kappa shape index (κ1) is 30.2. The van der Waals surface area contributed by atoms with Gasteiger partial charge in [0, 0.05) is 33.6 Å². The summed E-state index contributed by atoms with van der Waals surface area (Å²) in [7, 11) is 0. The largest absolute Gasteiger partial charge is 0.490 e. The average molecular weight is 727 g/mol. The summed E-state index contributed by atoms with van der Waals surface area (Å²) in [6, 6.07) is 13.1. The van der Waals surface area contributed by atoms with Crippen molar-refractivity contribution in [3.05, 3.63) is 67.0 Å². The number of nitrogens with one attached hydrogen (secondary N) is 1. The zero-order valence-electron chi connectivity index (χ0n) is 25.0. The number of hydrogen-bond donors (Lipinski definition) is 1. The fourth-order valence-electron chi connectivity index (χ4n) is 8.38. The Balaban J connectivity index is 1.12. The van der Waals surface area contributed by atoms with E-state index in [4.69, 9.17) is 14.2 Å². The number of hydrogen-bond acceptors (Lipinski definition) is 9. The fourth-order valence-corrected chi connectivity index (χ4v) is 11.5. The first-order chi connectivity index (χ1) is 22.3. The van der Waals surface area contributed by atoms with Crippen molar-refractivity contribution in [3.8, 4) is 11.5 Å². The highest BCUT2D eigenvalue weighted by molar-refractivity contribution is 9.10. The summed E-state index contributed by atoms with van der Waals surface area (Å²) in [5, 5.41) is 0.925. The number of fused-ring (bicyclic) bond motifs is 9. The molecule has 2 bridgehead atoms. The first-order valence-electron chi connectivity index (χ1n) is 15.6. The number of amides is 3. The molecule has 4 fully saturated rings. The summed E-state index contributed by atoms with van der Waals surface area (Å²) in [4.78, 5) is 60.4. The van der Waals surface area contributed by atoms with Crippen LogP contribution in [0.5, 0.6) is 11.5 Å². The van der Waals surface area contributed by atoms with Gasteiger partial charge in [-0.15, -0.1) is 11.8 Å². The van der Waals surface area contributed by atoms with Gasteiger partial charge >= 0.3 is 4.87 Å². The lowest BCUT2D eigenvalue weighted by Crippen LogP contribution is -2.43. The Morgan fingerprint density at radius 1 is 1.00 bits per heavy atom. The Morgan fingerprint density at radius 2 is 1.74 bits per heavy atom. The van der Waals surface area contributed by atoms with Gasteiger partial charge in [-0.05, 0) is 73.1 Å². The summed E-state index contributed by atoms with van der Waals surface area (Å²) in [5.74, 6) is -0.152. The molecule has 1 N–H and O–H groups in total. The number of rotatable bonds is 7. The molecule has 2 aromatic carbocycles. The maximum Gasteiger partial charge on any atom is 0.305 e. The van der Waals surface area contributed by atoms with E-state index in [0.29, 0.717) is 50.1 Å². The lowest BCUT2D eigenvalue weighted by atomic mass is 9.68. The quantitative estimate of drug-likeness (QED) is 0.354. The van der Waals surface area contributed by atoms with Crippen molar-refractivity contribution < 1.29 is 28.6 Å². The SMILES string of the molecule is CCOc1cc([C@H]2c3sc(=O)[nH]c3SC3C2[C@H]2C[C@@H]3C3C(=O)N(c4ccc(Br)cc4)C(=O)C32)ccc1OCC(=O)N1CCOCC1. The van der Waals surface area contributed by atoms with E-state index in [9.17, 15) is 19.2 Å². The number of aromatic nitrogens is 1. The van der Waals surface area contributed by atoms with Crippen LogP contribution in [-0.4, -0.2) is 72.4 Å². The summed E-state index contributed by atoms with van der Waals surface area (Å²) < 4.78 is 18.3. The number of morpholine rings is 1. The minimum absolute atomic E-state index is 0.00244. The Labute approximate surface area is 281 Å². The lowest BCUT2D eigenvalue weighted by Gasteiger charge is -2.43. The third-order valence-electron chi connectivity index (χ3n) is 10.2. The van der Waals surface area contributed by atoms with Crippen molar-refractivity contribution in [2.45, 2.75) is 29.5 Å². The topological polar surface area (TPSA) is 118 Å². The highest BCUT2D eigenvalue weighted by atomic mass is 79.9. The van der Waals surface area contributed by atoms with Crippen molar-refractivity contribution in [3.63, 3.8) is 0 Å². The van der Waals surface area contributed by atoms with Gasteiger partial charge in [-0.25, -0.2) is 0 Å². The Bertz CT molecular complexity index is 1770. The summed E-state index contributed by atoms with van der Waals surface area (Å²) in [6.07, 6.45) is 0.808. The van der Waals surface area contributed by atoms with Crippen LogP contribution >= 0.6 is 39.0 Å². The van der Waals surface area contributed by atoms with Gasteiger partial charge in [-0.1, -0.05) is 33.3 Å². The van der Waals surface area contributed by atoms with Gasteiger partial charge in [0.1, 0.15) is 0 Å². The summed E-state index contributed by atoms with van der Waals surface area (Å²) in [6.45, 7) is 4.32. The zero-order chi connectivity index (χ0) is 31.7. The van der Waals surface area contributed by atoms with E-state index in [-0.39, 0.29) is 70.0 Å². The summed E-state index contributed by atoms with van der Waals surface area (Å²) >= 11 is 6.33. The molecule has 2 aliphatic carbocycles. The molecule has 8 rings (SSSR count). The number of aromatic amines is 1. The van der Waals surface area contributed by atoms with Gasteiger partial charge < -0.3 is 24.1 Å². The van der Waals surface area contributed by atoms with E-state index in [2.05, 4.69) is 20.9 Å². The number of benzene rings is 2. The van der Waals surface area contributed by atoms with Crippen LogP contribution in [0.2, 0.25) is 0 Å². The molecule has 0 radical (unpaired) electrons. The molecule has 2 saturated carbocycles. The highest BCUT2D eigenvalue weighted by Gasteiger charge is 2.69. The van der Waals surface area contributed by atoms with Crippen LogP contribution in [0.25, 0.3) is 0 Å². The molecule has 46 heavy (non-hydrogen) atoms. The number of imide groups is 1. The van der Waals surface area contributed by atoms with Crippen molar-refractivity contribution in [1.82, 2.24) is 9.88 Å². The third-order valence-corrected chi connectivity index (χ3v) is 13.3. The van der Waals surface area contributed by atoms with Gasteiger partial charge in [-0.3, -0.25) is 24.1 Å². The van der Waals surface area contributed by atoms with Crippen LogP contribution in [0.4, 0.5) is 5.69 Å². The van der Waals surface area contributed by atoms with E-state index < -0.39 is 0 Å². The van der Waals surface area contributed by atoms with Gasteiger partial charge in [0.15, 0.2) is 18.1 Å². The van der Waals surface area contributed by atoms with Gasteiger partial charge in [0.05, 0.1) is 42.4 Å². The molecule has 4 heterocycles. The monoisotopic (exact) mass is 725 g/mol. The van der Waals surface area contributed by atoms with Crippen LogP contribution in [0.15, 0.2) is 56.8 Å². The predicted molar refractivity (Wildman–Crippen MR) is 176 cm³/mol. The minimum atomic E-state index is -0.386. The van der Waals surface area contributed by atoms with E-state index in [1.54, 1.807) is 16.7 Å². The van der Waals surface area contributed by atoms with Gasteiger partial charge in [0.2, 0.25) is 11.8 Å². The number of thioether (sulfide) groups is 1. The Kier molecular flexibility index (Phi) is 7.78. The normalized spacial score (nSPS) is 29.5. The highest BCUT2D eigenvalue weighted by Crippen LogP contribution is 2.68. The molecule has 4 unspecified atom stereocenters. The maximum absolute atomic E-state index is 14.0. The number of carbonyl (C=O) groups is 3. The molecular weight excluding hydrogens is 694 g/mol. The van der Waals surface area contributed by atoms with Crippen molar-refractivity contribution in [1.29, 1.82) is 0 Å². The summed E-state index contributed by atoms with van der Waals surface area (Å²) in [5.41, 5.74) is 1.57. The van der Waals surface area contributed by atoms with Crippen LogP contribution < -0.4 is 19.2 Å². The second kappa shape index (κ2) is 11.8. The van der Waals surface area contributed by atoms with Crippen molar-refractivity contribution >= 4 is 62.4 Å². The lowest BCUT2D eigenvalue weighted by molar-refractivity contribution is -0.137. The van der Waals surface area contributed by atoms with E-state index >= 15 is 0 Å². The van der Waals surface area contributed by atoms with E-state index in [0.717, 1.165) is 26.4 Å². The molecule has 7 atom stereocenters. The minimum Gasteiger partial charge on any atom is -0.490 e. The molecule has 2 saturated heterocycles. The Hall–Kier alpha value is -3.13. The molecule has 5 aliphatic rings. The molecular formula is C33H32BrN3O7S2. The maximum atomic E-state index is 14.0. The Morgan fingerprint density at radius 3 is 2.48 bits per heavy atom. The third kappa shape index (κ3) is 4.84. The first-order valence-corrected chi connectivity index (χ1v) is 18.1. The van der Waals surface area contributed by atoms with E-state index in [1.807, 2.05) is 49.4 Å². The molecule has 13 heteroatoms. The number of anilines is 1. The zero-order valence-corrected chi connectivity index (χ0v) is 28.2. The van der Waals surface area contributed by atoms with Gasteiger partial charge in [-0.2, -0.15) is 0 Å². The van der Waals surface area contributed by atoms with Crippen LogP contribution in [0.3, 0.4) is 0 Å².